The molecule has 4 rings (SSSR count). The fraction of sp³-hybridized carbons (Fsp3) is 0.769. The molecule has 2 N–H and O–H groups in total. The minimum atomic E-state index is 0.0635. The summed E-state index contributed by atoms with van der Waals surface area (Å²) in [5.74, 6) is 1.35. The van der Waals surface area contributed by atoms with Gasteiger partial charge in [0.2, 0.25) is 4.96 Å². The minimum absolute atomic E-state index is 0.0635. The highest BCUT2D eigenvalue weighted by Gasteiger charge is 2.28. The number of ether oxygens (including phenoxy) is 1. The van der Waals surface area contributed by atoms with E-state index < -0.39 is 0 Å². The van der Waals surface area contributed by atoms with Gasteiger partial charge in [-0.3, -0.25) is 0 Å². The molecule has 6 nitrogen and oxygen atoms in total. The molecule has 2 fully saturated rings. The lowest BCUT2D eigenvalue weighted by Crippen LogP contribution is -2.26. The largest absolute Gasteiger partial charge is 0.370 e. The van der Waals surface area contributed by atoms with Crippen LogP contribution in [0, 0.1) is 0 Å². The Morgan fingerprint density at radius 2 is 2.15 bits per heavy atom. The molecule has 1 aliphatic heterocycles. The molecule has 2 aromatic rings. The zero-order valence-corrected chi connectivity index (χ0v) is 12.2. The predicted octanol–water partition coefficient (Wildman–Crippen LogP) is 2.02. The van der Waals surface area contributed by atoms with Crippen LogP contribution in [-0.2, 0) is 4.74 Å². The van der Waals surface area contributed by atoms with Gasteiger partial charge in [0, 0.05) is 18.6 Å². The van der Waals surface area contributed by atoms with Crippen LogP contribution in [-0.4, -0.2) is 32.5 Å². The molecule has 0 amide bonds. The first-order chi connectivity index (χ1) is 9.81. The maximum atomic E-state index is 6.08. The summed E-state index contributed by atoms with van der Waals surface area (Å²) in [7, 11) is 0. The maximum Gasteiger partial charge on any atom is 0.234 e. The summed E-state index contributed by atoms with van der Waals surface area (Å²) in [6, 6.07) is 0.320. The highest BCUT2D eigenvalue weighted by Crippen LogP contribution is 2.35. The fourth-order valence-electron chi connectivity index (χ4n) is 3.25. The van der Waals surface area contributed by atoms with E-state index in [9.17, 15) is 0 Å². The zero-order chi connectivity index (χ0) is 13.5. The van der Waals surface area contributed by atoms with Gasteiger partial charge in [-0.15, -0.1) is 10.2 Å². The smallest absolute Gasteiger partial charge is 0.234 e. The molecular weight excluding hydrogens is 274 g/mol. The van der Waals surface area contributed by atoms with Crippen LogP contribution in [0.4, 0.5) is 0 Å². The van der Waals surface area contributed by atoms with Gasteiger partial charge in [0.05, 0.1) is 0 Å². The van der Waals surface area contributed by atoms with Crippen molar-refractivity contribution in [2.45, 2.75) is 56.6 Å². The molecule has 1 saturated heterocycles. The molecule has 0 spiro atoms. The molecular formula is C13H19N5OS. The normalized spacial score (nSPS) is 31.1. The molecule has 0 bridgehead atoms. The SMILES string of the molecule is NC1CCCC(c2nn3c(C4CCCO4)nnc3s2)C1. The molecule has 3 atom stereocenters. The molecule has 0 radical (unpaired) electrons. The topological polar surface area (TPSA) is 78.3 Å². The second-order valence-electron chi connectivity index (χ2n) is 5.82. The first-order valence-corrected chi connectivity index (χ1v) is 8.22. The highest BCUT2D eigenvalue weighted by molar-refractivity contribution is 7.16. The Hall–Kier alpha value is -1.05. The van der Waals surface area contributed by atoms with Crippen LogP contribution in [0.15, 0.2) is 0 Å². The summed E-state index contributed by atoms with van der Waals surface area (Å²) in [6.45, 7) is 0.814. The molecule has 7 heteroatoms. The molecule has 2 aromatic heterocycles. The summed E-state index contributed by atoms with van der Waals surface area (Å²) >= 11 is 1.65. The lowest BCUT2D eigenvalue weighted by atomic mass is 9.87. The molecule has 2 aliphatic rings. The van der Waals surface area contributed by atoms with Crippen molar-refractivity contribution >= 4 is 16.3 Å². The van der Waals surface area contributed by atoms with Crippen LogP contribution >= 0.6 is 11.3 Å². The number of hydrogen-bond donors (Lipinski definition) is 1. The van der Waals surface area contributed by atoms with Crippen molar-refractivity contribution in [3.8, 4) is 0 Å². The third-order valence-corrected chi connectivity index (χ3v) is 5.37. The highest BCUT2D eigenvalue weighted by atomic mass is 32.1. The number of rotatable bonds is 2. The lowest BCUT2D eigenvalue weighted by molar-refractivity contribution is 0.103. The summed E-state index contributed by atoms with van der Waals surface area (Å²) in [5.41, 5.74) is 6.08. The zero-order valence-electron chi connectivity index (χ0n) is 11.4. The average molecular weight is 293 g/mol. The third-order valence-electron chi connectivity index (χ3n) is 4.31. The van der Waals surface area contributed by atoms with E-state index in [0.717, 1.165) is 48.1 Å². The van der Waals surface area contributed by atoms with Crippen molar-refractivity contribution in [1.29, 1.82) is 0 Å². The first-order valence-electron chi connectivity index (χ1n) is 7.40. The van der Waals surface area contributed by atoms with Crippen LogP contribution in [0.1, 0.15) is 61.4 Å². The Bertz CT molecular complexity index is 603. The summed E-state index contributed by atoms with van der Waals surface area (Å²) in [5, 5.41) is 14.4. The maximum absolute atomic E-state index is 6.08. The Morgan fingerprint density at radius 1 is 1.20 bits per heavy atom. The molecule has 3 heterocycles. The van der Waals surface area contributed by atoms with Crippen molar-refractivity contribution in [2.24, 2.45) is 5.73 Å². The number of hydrogen-bond acceptors (Lipinski definition) is 6. The van der Waals surface area contributed by atoms with E-state index in [2.05, 4.69) is 10.2 Å². The van der Waals surface area contributed by atoms with E-state index in [1.165, 1.54) is 12.8 Å². The third kappa shape index (κ3) is 2.13. The average Bonchev–Trinajstić information content (AvgIpc) is 3.14. The van der Waals surface area contributed by atoms with Crippen LogP contribution in [0.25, 0.3) is 4.96 Å². The van der Waals surface area contributed by atoms with Crippen molar-refractivity contribution in [3.63, 3.8) is 0 Å². The van der Waals surface area contributed by atoms with E-state index in [1.54, 1.807) is 11.3 Å². The van der Waals surface area contributed by atoms with E-state index in [0.29, 0.717) is 12.0 Å². The van der Waals surface area contributed by atoms with Crippen LogP contribution < -0.4 is 5.73 Å². The van der Waals surface area contributed by atoms with Gasteiger partial charge in [-0.05, 0) is 32.1 Å². The van der Waals surface area contributed by atoms with Gasteiger partial charge in [0.25, 0.3) is 0 Å². The summed E-state index contributed by atoms with van der Waals surface area (Å²) < 4.78 is 7.58. The first kappa shape index (κ1) is 12.7. The Labute approximate surface area is 121 Å². The summed E-state index contributed by atoms with van der Waals surface area (Å²) in [4.78, 5) is 0.879. The molecule has 20 heavy (non-hydrogen) atoms. The molecule has 1 saturated carbocycles. The number of nitrogens with zero attached hydrogens (tertiary/aromatic N) is 4. The van der Waals surface area contributed by atoms with Crippen LogP contribution in [0.3, 0.4) is 0 Å². The van der Waals surface area contributed by atoms with Gasteiger partial charge >= 0.3 is 0 Å². The number of nitrogens with two attached hydrogens (primary N) is 1. The lowest BCUT2D eigenvalue weighted by Gasteiger charge is -2.24. The van der Waals surface area contributed by atoms with Crippen LogP contribution in [0.5, 0.6) is 0 Å². The van der Waals surface area contributed by atoms with E-state index in [1.807, 2.05) is 4.52 Å². The van der Waals surface area contributed by atoms with Crippen molar-refractivity contribution < 1.29 is 4.74 Å². The fourth-order valence-corrected chi connectivity index (χ4v) is 4.24. The van der Waals surface area contributed by atoms with Gasteiger partial charge in [-0.2, -0.15) is 9.61 Å². The molecule has 108 valence electrons. The summed E-state index contributed by atoms with van der Waals surface area (Å²) in [6.07, 6.45) is 6.74. The number of aromatic nitrogens is 4. The second-order valence-corrected chi connectivity index (χ2v) is 6.81. The Kier molecular flexibility index (Phi) is 3.20. The van der Waals surface area contributed by atoms with Gasteiger partial charge in [0.15, 0.2) is 5.82 Å². The van der Waals surface area contributed by atoms with Crippen molar-refractivity contribution in [1.82, 2.24) is 19.8 Å². The molecule has 0 aromatic carbocycles. The molecule has 1 aliphatic carbocycles. The van der Waals surface area contributed by atoms with E-state index in [-0.39, 0.29) is 6.10 Å². The Morgan fingerprint density at radius 3 is 2.95 bits per heavy atom. The van der Waals surface area contributed by atoms with E-state index in [4.69, 9.17) is 15.6 Å². The second kappa shape index (κ2) is 5.05. The quantitative estimate of drug-likeness (QED) is 0.916. The Balaban J connectivity index is 1.65. The van der Waals surface area contributed by atoms with Crippen molar-refractivity contribution in [2.75, 3.05) is 6.61 Å². The van der Waals surface area contributed by atoms with E-state index >= 15 is 0 Å². The van der Waals surface area contributed by atoms with Gasteiger partial charge in [-0.1, -0.05) is 17.8 Å². The monoisotopic (exact) mass is 293 g/mol. The molecule has 3 unspecified atom stereocenters. The van der Waals surface area contributed by atoms with Crippen LogP contribution in [0.2, 0.25) is 0 Å². The van der Waals surface area contributed by atoms with Gasteiger partial charge in [-0.25, -0.2) is 0 Å². The van der Waals surface area contributed by atoms with Gasteiger partial charge in [0.1, 0.15) is 11.1 Å². The number of fused-ring (bicyclic) bond motifs is 1. The predicted molar refractivity (Wildman–Crippen MR) is 75.8 cm³/mol. The van der Waals surface area contributed by atoms with Gasteiger partial charge < -0.3 is 10.5 Å². The standard InChI is InChI=1S/C13H19N5OS/c14-9-4-1-3-8(7-9)12-17-18-11(10-5-2-6-19-10)15-16-13(18)20-12/h8-10H,1-7,14H2. The van der Waals surface area contributed by atoms with Crippen molar-refractivity contribution in [3.05, 3.63) is 10.8 Å². The minimum Gasteiger partial charge on any atom is -0.370 e.